The zero-order chi connectivity index (χ0) is 23.3. The summed E-state index contributed by atoms with van der Waals surface area (Å²) >= 11 is 0. The number of benzene rings is 1. The Morgan fingerprint density at radius 2 is 2.03 bits per heavy atom. The third kappa shape index (κ3) is 6.06. The summed E-state index contributed by atoms with van der Waals surface area (Å²) < 4.78 is 34.4. The first-order valence-electron chi connectivity index (χ1n) is 10.5. The highest BCUT2D eigenvalue weighted by molar-refractivity contribution is 7.89. The molecular weight excluding hydrogens is 418 g/mol. The van der Waals surface area contributed by atoms with Crippen molar-refractivity contribution in [3.63, 3.8) is 0 Å². The maximum atomic E-state index is 13.4. The Hall–Kier alpha value is -1.94. The summed E-state index contributed by atoms with van der Waals surface area (Å²) in [6.45, 7) is 5.97. The summed E-state index contributed by atoms with van der Waals surface area (Å²) in [5.74, 6) is 0.00612. The molecule has 0 saturated heterocycles. The van der Waals surface area contributed by atoms with E-state index in [4.69, 9.17) is 4.74 Å². The van der Waals surface area contributed by atoms with Gasteiger partial charge in [-0.15, -0.1) is 0 Å². The molecule has 0 saturated carbocycles. The van der Waals surface area contributed by atoms with E-state index in [-0.39, 0.29) is 42.2 Å². The van der Waals surface area contributed by atoms with Crippen LogP contribution in [0.3, 0.4) is 0 Å². The minimum atomic E-state index is -3.87. The van der Waals surface area contributed by atoms with Gasteiger partial charge in [-0.1, -0.05) is 25.1 Å². The third-order valence-corrected chi connectivity index (χ3v) is 7.40. The van der Waals surface area contributed by atoms with E-state index in [1.165, 1.54) is 4.31 Å². The van der Waals surface area contributed by atoms with Gasteiger partial charge < -0.3 is 19.6 Å². The van der Waals surface area contributed by atoms with Gasteiger partial charge in [-0.05, 0) is 45.6 Å². The first-order valence-corrected chi connectivity index (χ1v) is 11.9. The van der Waals surface area contributed by atoms with Crippen molar-refractivity contribution in [1.29, 1.82) is 0 Å². The first-order chi connectivity index (χ1) is 14.5. The molecule has 0 fully saturated rings. The van der Waals surface area contributed by atoms with Crippen LogP contribution in [0.1, 0.15) is 26.3 Å². The molecule has 9 heteroatoms. The number of allylic oxidation sites excluding steroid dienone is 1. The Kier molecular flexibility index (Phi) is 8.65. The van der Waals surface area contributed by atoms with Crippen LogP contribution in [0.5, 0.6) is 5.75 Å². The van der Waals surface area contributed by atoms with Crippen LogP contribution in [0.2, 0.25) is 0 Å². The minimum Gasteiger partial charge on any atom is -0.487 e. The van der Waals surface area contributed by atoms with E-state index in [0.29, 0.717) is 6.54 Å². The predicted molar refractivity (Wildman–Crippen MR) is 121 cm³/mol. The molecule has 0 radical (unpaired) electrons. The number of nitrogens with zero attached hydrogens (tertiary/aromatic N) is 3. The third-order valence-electron chi connectivity index (χ3n) is 5.38. The molecule has 0 aromatic heterocycles. The topological polar surface area (TPSA) is 90.4 Å². The van der Waals surface area contributed by atoms with Crippen LogP contribution in [0, 0.1) is 5.92 Å². The fourth-order valence-corrected chi connectivity index (χ4v) is 5.34. The second-order valence-corrected chi connectivity index (χ2v) is 10.3. The Morgan fingerprint density at radius 3 is 2.61 bits per heavy atom. The summed E-state index contributed by atoms with van der Waals surface area (Å²) in [5.41, 5.74) is 0.822. The molecule has 3 atom stereocenters. The van der Waals surface area contributed by atoms with Crippen molar-refractivity contribution < 1.29 is 23.1 Å². The van der Waals surface area contributed by atoms with E-state index in [1.807, 2.05) is 40.1 Å². The van der Waals surface area contributed by atoms with Gasteiger partial charge in [0.15, 0.2) is 0 Å². The van der Waals surface area contributed by atoms with E-state index in [1.54, 1.807) is 42.0 Å². The monoisotopic (exact) mass is 453 g/mol. The number of amides is 1. The number of rotatable bonds is 7. The molecule has 0 bridgehead atoms. The molecule has 1 N–H and O–H groups in total. The standard InChI is InChI=1S/C22H35N3O5S/c1-7-8-18-9-10-21-19(11-18)30-20(13-24(6)22(27)14-23(4)5)16(2)12-25(17(3)15-26)31(21,28)29/h7-11,16-17,20,26H,12-15H2,1-6H3/b8-7+/t16-,17+,20-/m0/s1. The molecule has 31 heavy (non-hydrogen) atoms. The van der Waals surface area contributed by atoms with Crippen LogP contribution in [0.4, 0.5) is 0 Å². The zero-order valence-electron chi connectivity index (χ0n) is 19.3. The smallest absolute Gasteiger partial charge is 0.247 e. The molecule has 0 unspecified atom stereocenters. The number of carbonyl (C=O) groups excluding carboxylic acids is 1. The lowest BCUT2D eigenvalue weighted by atomic mass is 10.0. The second kappa shape index (κ2) is 10.6. The van der Waals surface area contributed by atoms with E-state index in [9.17, 15) is 18.3 Å². The van der Waals surface area contributed by atoms with Gasteiger partial charge in [0.1, 0.15) is 16.7 Å². The Morgan fingerprint density at radius 1 is 1.35 bits per heavy atom. The van der Waals surface area contributed by atoms with Crippen LogP contribution in [-0.4, -0.2) is 93.1 Å². The Bertz CT molecular complexity index is 900. The van der Waals surface area contributed by atoms with Crippen molar-refractivity contribution in [2.45, 2.75) is 37.8 Å². The van der Waals surface area contributed by atoms with Gasteiger partial charge in [0.05, 0.1) is 19.7 Å². The lowest BCUT2D eigenvalue weighted by Gasteiger charge is -2.37. The summed E-state index contributed by atoms with van der Waals surface area (Å²) in [7, 11) is 1.52. The molecule has 1 aliphatic rings. The molecule has 2 rings (SSSR count). The first kappa shape index (κ1) is 25.3. The normalized spacial score (nSPS) is 22.5. The number of likely N-dealkylation sites (N-methyl/N-ethyl adjacent to an activating group) is 2. The van der Waals surface area contributed by atoms with E-state index in [0.717, 1.165) is 5.56 Å². The molecule has 1 aliphatic heterocycles. The van der Waals surface area contributed by atoms with Gasteiger partial charge >= 0.3 is 0 Å². The summed E-state index contributed by atoms with van der Waals surface area (Å²) in [6.07, 6.45) is 3.32. The van der Waals surface area contributed by atoms with E-state index < -0.39 is 22.2 Å². The van der Waals surface area contributed by atoms with Gasteiger partial charge in [0.2, 0.25) is 15.9 Å². The number of hydrogen-bond donors (Lipinski definition) is 1. The highest BCUT2D eigenvalue weighted by Crippen LogP contribution is 2.34. The van der Waals surface area contributed by atoms with Crippen molar-refractivity contribution in [3.8, 4) is 5.75 Å². The van der Waals surface area contributed by atoms with Gasteiger partial charge in [0, 0.05) is 25.6 Å². The van der Waals surface area contributed by atoms with Crippen molar-refractivity contribution in [3.05, 3.63) is 29.8 Å². The summed E-state index contributed by atoms with van der Waals surface area (Å²) in [4.78, 5) is 16.0. The molecule has 0 spiro atoms. The molecule has 1 amide bonds. The molecule has 1 heterocycles. The SMILES string of the molecule is C/C=C/c1ccc2c(c1)O[C@@H](CN(C)C(=O)CN(C)C)[C@@H](C)CN([C@H](C)CO)S2(=O)=O. The highest BCUT2D eigenvalue weighted by Gasteiger charge is 2.38. The van der Waals surface area contributed by atoms with Crippen LogP contribution >= 0.6 is 0 Å². The lowest BCUT2D eigenvalue weighted by molar-refractivity contribution is -0.132. The predicted octanol–water partition coefficient (Wildman–Crippen LogP) is 1.51. The van der Waals surface area contributed by atoms with Crippen molar-refractivity contribution in [2.24, 2.45) is 5.92 Å². The molecule has 0 aliphatic carbocycles. The second-order valence-electron chi connectivity index (χ2n) is 8.46. The average Bonchev–Trinajstić information content (AvgIpc) is 2.69. The van der Waals surface area contributed by atoms with Crippen molar-refractivity contribution in [1.82, 2.24) is 14.1 Å². The summed E-state index contributed by atoms with van der Waals surface area (Å²) in [5, 5.41) is 9.69. The van der Waals surface area contributed by atoms with Gasteiger partial charge in [-0.3, -0.25) is 4.79 Å². The van der Waals surface area contributed by atoms with Gasteiger partial charge in [-0.25, -0.2) is 8.42 Å². The van der Waals surface area contributed by atoms with Gasteiger partial charge in [-0.2, -0.15) is 4.31 Å². The Labute approximate surface area is 186 Å². The quantitative estimate of drug-likeness (QED) is 0.673. The van der Waals surface area contributed by atoms with Crippen molar-refractivity contribution in [2.75, 3.05) is 47.4 Å². The molecule has 8 nitrogen and oxygen atoms in total. The fourth-order valence-electron chi connectivity index (χ4n) is 3.52. The maximum Gasteiger partial charge on any atom is 0.247 e. The molecule has 1 aromatic rings. The van der Waals surface area contributed by atoms with Crippen LogP contribution in [0.25, 0.3) is 6.08 Å². The molecule has 1 aromatic carbocycles. The molecular formula is C22H35N3O5S. The van der Waals surface area contributed by atoms with Crippen LogP contribution < -0.4 is 4.74 Å². The van der Waals surface area contributed by atoms with Crippen molar-refractivity contribution >= 4 is 22.0 Å². The lowest BCUT2D eigenvalue weighted by Crippen LogP contribution is -2.50. The van der Waals surface area contributed by atoms with Gasteiger partial charge in [0.25, 0.3) is 0 Å². The molecule has 174 valence electrons. The van der Waals surface area contributed by atoms with E-state index in [2.05, 4.69) is 0 Å². The number of hydrogen-bond acceptors (Lipinski definition) is 6. The summed E-state index contributed by atoms with van der Waals surface area (Å²) in [6, 6.07) is 4.41. The average molecular weight is 454 g/mol. The number of carbonyl (C=O) groups is 1. The number of sulfonamides is 1. The Balaban J connectivity index is 2.50. The number of aliphatic hydroxyl groups is 1. The zero-order valence-corrected chi connectivity index (χ0v) is 20.1. The van der Waals surface area contributed by atoms with Crippen LogP contribution in [0.15, 0.2) is 29.2 Å². The number of aliphatic hydroxyl groups excluding tert-OH is 1. The van der Waals surface area contributed by atoms with Crippen LogP contribution in [-0.2, 0) is 14.8 Å². The number of fused-ring (bicyclic) bond motifs is 1. The fraction of sp³-hybridized carbons (Fsp3) is 0.591. The minimum absolute atomic E-state index is 0.0426. The number of ether oxygens (including phenoxy) is 1. The highest BCUT2D eigenvalue weighted by atomic mass is 32.2. The maximum absolute atomic E-state index is 13.4. The largest absolute Gasteiger partial charge is 0.487 e. The van der Waals surface area contributed by atoms with E-state index >= 15 is 0 Å².